The molecule has 110 valence electrons. The van der Waals surface area contributed by atoms with E-state index in [0.717, 1.165) is 22.9 Å². The maximum atomic E-state index is 9.19. The molecule has 3 aromatic rings. The predicted molar refractivity (Wildman–Crippen MR) is 85.4 cm³/mol. The van der Waals surface area contributed by atoms with Crippen LogP contribution in [0.5, 0.6) is 0 Å². The van der Waals surface area contributed by atoms with Gasteiger partial charge in [0.1, 0.15) is 11.5 Å². The van der Waals surface area contributed by atoms with Crippen LogP contribution >= 0.6 is 11.3 Å². The van der Waals surface area contributed by atoms with Gasteiger partial charge in [0, 0.05) is 25.0 Å². The second kappa shape index (κ2) is 6.15. The zero-order valence-electron chi connectivity index (χ0n) is 11.9. The molecule has 0 unspecified atom stereocenters. The predicted octanol–water partition coefficient (Wildman–Crippen LogP) is 2.55. The Morgan fingerprint density at radius 1 is 1.33 bits per heavy atom. The first-order chi connectivity index (χ1) is 10.3. The number of hydrogen-bond acceptors (Lipinski definition) is 4. The molecule has 0 aromatic carbocycles. The SMILES string of the molecule is Cn1cccc1CNc1cc(-c2cccs2)nn1CCO. The Morgan fingerprint density at radius 2 is 2.24 bits per heavy atom. The molecule has 0 aliphatic rings. The molecule has 21 heavy (non-hydrogen) atoms. The smallest absolute Gasteiger partial charge is 0.125 e. The molecule has 0 fully saturated rings. The summed E-state index contributed by atoms with van der Waals surface area (Å²) < 4.78 is 3.90. The maximum absolute atomic E-state index is 9.19. The third-order valence-corrected chi connectivity index (χ3v) is 4.26. The molecule has 0 bridgehead atoms. The third-order valence-electron chi connectivity index (χ3n) is 3.37. The Morgan fingerprint density at radius 3 is 2.90 bits per heavy atom. The van der Waals surface area contributed by atoms with Crippen molar-refractivity contribution in [3.63, 3.8) is 0 Å². The van der Waals surface area contributed by atoms with E-state index in [4.69, 9.17) is 0 Å². The van der Waals surface area contributed by atoms with Crippen LogP contribution in [-0.4, -0.2) is 26.1 Å². The van der Waals surface area contributed by atoms with Crippen LogP contribution in [0.4, 0.5) is 5.82 Å². The summed E-state index contributed by atoms with van der Waals surface area (Å²) in [4.78, 5) is 1.13. The molecule has 3 rings (SSSR count). The fourth-order valence-corrected chi connectivity index (χ4v) is 2.91. The molecule has 6 heteroatoms. The molecule has 0 spiro atoms. The van der Waals surface area contributed by atoms with E-state index >= 15 is 0 Å². The number of hydrogen-bond donors (Lipinski definition) is 2. The van der Waals surface area contributed by atoms with E-state index < -0.39 is 0 Å². The van der Waals surface area contributed by atoms with E-state index in [1.54, 1.807) is 11.3 Å². The lowest BCUT2D eigenvalue weighted by atomic mass is 10.3. The van der Waals surface area contributed by atoms with Crippen molar-refractivity contribution in [1.82, 2.24) is 14.3 Å². The van der Waals surface area contributed by atoms with Gasteiger partial charge in [0.05, 0.1) is 24.6 Å². The van der Waals surface area contributed by atoms with Crippen molar-refractivity contribution in [2.75, 3.05) is 11.9 Å². The number of rotatable bonds is 6. The molecule has 0 radical (unpaired) electrons. The first-order valence-electron chi connectivity index (χ1n) is 6.84. The minimum atomic E-state index is 0.0738. The van der Waals surface area contributed by atoms with Gasteiger partial charge < -0.3 is 15.0 Å². The van der Waals surface area contributed by atoms with Crippen LogP contribution in [0.15, 0.2) is 41.9 Å². The fraction of sp³-hybridized carbons (Fsp3) is 0.267. The Labute approximate surface area is 127 Å². The van der Waals surface area contributed by atoms with Gasteiger partial charge in [-0.05, 0) is 23.6 Å². The molecule has 0 aliphatic heterocycles. The lowest BCUT2D eigenvalue weighted by molar-refractivity contribution is 0.270. The van der Waals surface area contributed by atoms with Crippen molar-refractivity contribution in [3.8, 4) is 10.6 Å². The molecule has 2 N–H and O–H groups in total. The Hall–Kier alpha value is -2.05. The number of aliphatic hydroxyl groups is 1. The van der Waals surface area contributed by atoms with Gasteiger partial charge in [-0.25, -0.2) is 4.68 Å². The summed E-state index contributed by atoms with van der Waals surface area (Å²) in [5, 5.41) is 19.2. The van der Waals surface area contributed by atoms with E-state index in [2.05, 4.69) is 27.1 Å². The highest BCUT2D eigenvalue weighted by Gasteiger charge is 2.10. The fourth-order valence-electron chi connectivity index (χ4n) is 2.23. The summed E-state index contributed by atoms with van der Waals surface area (Å²) in [6.45, 7) is 1.29. The van der Waals surface area contributed by atoms with Crippen LogP contribution in [0.25, 0.3) is 10.6 Å². The largest absolute Gasteiger partial charge is 0.394 e. The Bertz CT molecular complexity index is 699. The normalized spacial score (nSPS) is 11.0. The Kier molecular flexibility index (Phi) is 4.08. The van der Waals surface area contributed by atoms with Crippen LogP contribution < -0.4 is 5.32 Å². The van der Waals surface area contributed by atoms with Crippen LogP contribution in [0, 0.1) is 0 Å². The number of nitrogens with one attached hydrogen (secondary N) is 1. The second-order valence-corrected chi connectivity index (χ2v) is 5.75. The summed E-state index contributed by atoms with van der Waals surface area (Å²) in [6.07, 6.45) is 2.03. The van der Waals surface area contributed by atoms with E-state index in [-0.39, 0.29) is 6.61 Å². The van der Waals surface area contributed by atoms with Gasteiger partial charge in [0.15, 0.2) is 0 Å². The van der Waals surface area contributed by atoms with Gasteiger partial charge in [0.2, 0.25) is 0 Å². The average molecular weight is 302 g/mol. The van der Waals surface area contributed by atoms with Crippen LogP contribution in [0.1, 0.15) is 5.69 Å². The summed E-state index contributed by atoms with van der Waals surface area (Å²) in [7, 11) is 2.03. The van der Waals surface area contributed by atoms with E-state index in [9.17, 15) is 5.11 Å². The van der Waals surface area contributed by atoms with Crippen LogP contribution in [0.2, 0.25) is 0 Å². The van der Waals surface area contributed by atoms with Gasteiger partial charge in [0.25, 0.3) is 0 Å². The van der Waals surface area contributed by atoms with Crippen LogP contribution in [-0.2, 0) is 20.1 Å². The summed E-state index contributed by atoms with van der Waals surface area (Å²) >= 11 is 1.66. The molecule has 0 amide bonds. The second-order valence-electron chi connectivity index (χ2n) is 4.80. The van der Waals surface area contributed by atoms with Gasteiger partial charge in [-0.2, -0.15) is 5.10 Å². The zero-order chi connectivity index (χ0) is 14.7. The Balaban J connectivity index is 1.81. The first-order valence-corrected chi connectivity index (χ1v) is 7.72. The zero-order valence-corrected chi connectivity index (χ0v) is 12.7. The molecular weight excluding hydrogens is 284 g/mol. The highest BCUT2D eigenvalue weighted by atomic mass is 32.1. The van der Waals surface area contributed by atoms with Gasteiger partial charge in [-0.15, -0.1) is 11.3 Å². The van der Waals surface area contributed by atoms with Crippen molar-refractivity contribution < 1.29 is 5.11 Å². The summed E-state index contributed by atoms with van der Waals surface area (Å²) in [6, 6.07) is 10.2. The molecule has 0 saturated carbocycles. The molecule has 0 atom stereocenters. The maximum Gasteiger partial charge on any atom is 0.125 e. The van der Waals surface area contributed by atoms with Crippen molar-refractivity contribution in [3.05, 3.63) is 47.6 Å². The number of thiophene rings is 1. The number of anilines is 1. The van der Waals surface area contributed by atoms with E-state index in [1.165, 1.54) is 5.69 Å². The van der Waals surface area contributed by atoms with Crippen molar-refractivity contribution in [2.24, 2.45) is 7.05 Å². The molecule has 3 aromatic heterocycles. The van der Waals surface area contributed by atoms with Gasteiger partial charge in [-0.1, -0.05) is 6.07 Å². The lowest BCUT2D eigenvalue weighted by Crippen LogP contribution is -2.11. The lowest BCUT2D eigenvalue weighted by Gasteiger charge is -2.09. The molecule has 0 saturated heterocycles. The topological polar surface area (TPSA) is 55.0 Å². The van der Waals surface area contributed by atoms with Gasteiger partial charge in [-0.3, -0.25) is 0 Å². The number of aryl methyl sites for hydroxylation is 1. The third kappa shape index (κ3) is 3.01. The quantitative estimate of drug-likeness (QED) is 0.736. The highest BCUT2D eigenvalue weighted by molar-refractivity contribution is 7.13. The number of nitrogens with zero attached hydrogens (tertiary/aromatic N) is 3. The van der Waals surface area contributed by atoms with Crippen molar-refractivity contribution in [2.45, 2.75) is 13.1 Å². The minimum absolute atomic E-state index is 0.0738. The minimum Gasteiger partial charge on any atom is -0.394 e. The molecular formula is C15H18N4OS. The molecule has 3 heterocycles. The van der Waals surface area contributed by atoms with E-state index in [0.29, 0.717) is 6.54 Å². The molecule has 5 nitrogen and oxygen atoms in total. The van der Waals surface area contributed by atoms with Crippen LogP contribution in [0.3, 0.4) is 0 Å². The first kappa shape index (κ1) is 13.9. The monoisotopic (exact) mass is 302 g/mol. The van der Waals surface area contributed by atoms with Crippen molar-refractivity contribution in [1.29, 1.82) is 0 Å². The summed E-state index contributed by atoms with van der Waals surface area (Å²) in [5.74, 6) is 0.925. The molecule has 0 aliphatic carbocycles. The average Bonchev–Trinajstić information content (AvgIpc) is 3.18. The standard InChI is InChI=1S/C15H18N4OS/c1-18-6-2-4-12(18)11-16-15-10-13(14-5-3-9-21-14)17-19(15)7-8-20/h2-6,9-10,16,20H,7-8,11H2,1H3. The number of aliphatic hydroxyl groups excluding tert-OH is 1. The highest BCUT2D eigenvalue weighted by Crippen LogP contribution is 2.26. The number of aromatic nitrogens is 3. The van der Waals surface area contributed by atoms with Crippen molar-refractivity contribution >= 4 is 17.2 Å². The van der Waals surface area contributed by atoms with Gasteiger partial charge >= 0.3 is 0 Å². The van der Waals surface area contributed by atoms with E-state index in [1.807, 2.05) is 41.5 Å². The summed E-state index contributed by atoms with van der Waals surface area (Å²) in [5.41, 5.74) is 2.14.